The lowest BCUT2D eigenvalue weighted by Gasteiger charge is -2.28. The van der Waals surface area contributed by atoms with Crippen LogP contribution in [0, 0.1) is 21.4 Å². The Morgan fingerprint density at radius 2 is 2.35 bits per heavy atom. The Kier molecular flexibility index (Phi) is 4.53. The summed E-state index contributed by atoms with van der Waals surface area (Å²) in [4.78, 5) is 12.4. The summed E-state index contributed by atoms with van der Waals surface area (Å²) in [5.74, 6) is 0. The number of nitro groups is 1. The Balaban J connectivity index is 2.13. The number of nitro benzene ring substituents is 1. The minimum absolute atomic E-state index is 0.0843. The fourth-order valence-electron chi connectivity index (χ4n) is 2.37. The first-order valence-electron chi connectivity index (χ1n) is 6.63. The molecule has 2 rings (SSSR count). The van der Waals surface area contributed by atoms with Crippen LogP contribution in [0.1, 0.15) is 24.8 Å². The lowest BCUT2D eigenvalue weighted by atomic mass is 10.1. The maximum Gasteiger partial charge on any atom is 0.289 e. The minimum Gasteiger partial charge on any atom is -0.376 e. The van der Waals surface area contributed by atoms with Gasteiger partial charge in [-0.15, -0.1) is 0 Å². The highest BCUT2D eigenvalue weighted by Crippen LogP contribution is 2.25. The van der Waals surface area contributed by atoms with E-state index < -0.39 is 4.92 Å². The molecule has 0 radical (unpaired) electrons. The smallest absolute Gasteiger partial charge is 0.289 e. The maximum absolute atomic E-state index is 11.0. The number of hydrogen-bond acceptors (Lipinski definition) is 5. The van der Waals surface area contributed by atoms with Crippen molar-refractivity contribution in [3.63, 3.8) is 0 Å². The number of anilines is 1. The molecule has 6 heteroatoms. The van der Waals surface area contributed by atoms with Crippen LogP contribution in [0.4, 0.5) is 11.4 Å². The Morgan fingerprint density at radius 3 is 2.95 bits per heavy atom. The van der Waals surface area contributed by atoms with E-state index in [9.17, 15) is 10.1 Å². The lowest BCUT2D eigenvalue weighted by Crippen LogP contribution is -2.33. The van der Waals surface area contributed by atoms with Crippen molar-refractivity contribution in [1.29, 1.82) is 5.26 Å². The summed E-state index contributed by atoms with van der Waals surface area (Å²) in [5.41, 5.74) is 0.660. The van der Waals surface area contributed by atoms with Crippen molar-refractivity contribution in [2.75, 3.05) is 25.1 Å². The molecule has 1 aromatic carbocycles. The van der Waals surface area contributed by atoms with Gasteiger partial charge in [-0.05, 0) is 31.4 Å². The quantitative estimate of drug-likeness (QED) is 0.623. The van der Waals surface area contributed by atoms with Crippen LogP contribution in [0.5, 0.6) is 0 Å². The highest BCUT2D eigenvalue weighted by molar-refractivity contribution is 5.60. The molecule has 1 fully saturated rings. The molecule has 0 amide bonds. The van der Waals surface area contributed by atoms with E-state index in [1.165, 1.54) is 12.1 Å². The number of likely N-dealkylation sites (N-methyl/N-ethyl adjacent to an activating group) is 1. The predicted octanol–water partition coefficient (Wildman–Crippen LogP) is 2.47. The van der Waals surface area contributed by atoms with Crippen molar-refractivity contribution < 1.29 is 9.66 Å². The summed E-state index contributed by atoms with van der Waals surface area (Å²) >= 11 is 0. The summed E-state index contributed by atoms with van der Waals surface area (Å²) in [6, 6.07) is 6.51. The first-order chi connectivity index (χ1) is 9.61. The number of nitrogens with zero attached hydrogens (tertiary/aromatic N) is 3. The van der Waals surface area contributed by atoms with E-state index in [1.807, 2.05) is 18.0 Å². The summed E-state index contributed by atoms with van der Waals surface area (Å²) in [6.07, 6.45) is 3.44. The van der Waals surface area contributed by atoms with Gasteiger partial charge >= 0.3 is 0 Å². The molecule has 6 nitrogen and oxygen atoms in total. The molecule has 20 heavy (non-hydrogen) atoms. The highest BCUT2D eigenvalue weighted by Gasteiger charge is 2.19. The molecule has 0 N–H and O–H groups in total. The number of hydrogen-bond donors (Lipinski definition) is 0. The lowest BCUT2D eigenvalue weighted by molar-refractivity contribution is -0.385. The third-order valence-corrected chi connectivity index (χ3v) is 3.49. The fourth-order valence-corrected chi connectivity index (χ4v) is 2.37. The van der Waals surface area contributed by atoms with Crippen LogP contribution in [0.25, 0.3) is 0 Å². The molecule has 1 aliphatic rings. The van der Waals surface area contributed by atoms with E-state index in [2.05, 4.69) is 0 Å². The molecule has 0 aliphatic carbocycles. The fraction of sp³-hybridized carbons (Fsp3) is 0.500. The highest BCUT2D eigenvalue weighted by atomic mass is 16.6. The topological polar surface area (TPSA) is 79.4 Å². The van der Waals surface area contributed by atoms with Crippen molar-refractivity contribution in [3.8, 4) is 6.07 Å². The Bertz CT molecular complexity index is 533. The van der Waals surface area contributed by atoms with Crippen molar-refractivity contribution in [2.24, 2.45) is 0 Å². The Hall–Kier alpha value is -2.13. The maximum atomic E-state index is 11.0. The summed E-state index contributed by atoms with van der Waals surface area (Å²) in [5, 5.41) is 19.8. The number of rotatable bonds is 4. The van der Waals surface area contributed by atoms with Gasteiger partial charge in [0.25, 0.3) is 5.69 Å². The van der Waals surface area contributed by atoms with Gasteiger partial charge in [-0.2, -0.15) is 5.26 Å². The molecule has 1 heterocycles. The molecule has 0 saturated carbocycles. The largest absolute Gasteiger partial charge is 0.376 e. The van der Waals surface area contributed by atoms with Crippen LogP contribution in [-0.4, -0.2) is 31.2 Å². The van der Waals surface area contributed by atoms with Gasteiger partial charge in [0.1, 0.15) is 11.6 Å². The molecule has 0 aromatic heterocycles. The van der Waals surface area contributed by atoms with Crippen LogP contribution in [0.2, 0.25) is 0 Å². The van der Waals surface area contributed by atoms with Crippen molar-refractivity contribution in [1.82, 2.24) is 0 Å². The number of nitriles is 1. The molecular formula is C14H17N3O3. The van der Waals surface area contributed by atoms with Crippen LogP contribution in [0.15, 0.2) is 18.2 Å². The molecule has 1 aliphatic heterocycles. The predicted molar refractivity (Wildman–Crippen MR) is 74.7 cm³/mol. The van der Waals surface area contributed by atoms with Crippen LogP contribution in [-0.2, 0) is 4.74 Å². The van der Waals surface area contributed by atoms with Gasteiger partial charge in [-0.25, -0.2) is 0 Å². The molecular weight excluding hydrogens is 258 g/mol. The normalized spacial score (nSPS) is 18.3. The van der Waals surface area contributed by atoms with E-state index >= 15 is 0 Å². The average Bonchev–Trinajstić information content (AvgIpc) is 2.47. The number of benzene rings is 1. The molecule has 0 spiro atoms. The van der Waals surface area contributed by atoms with Crippen molar-refractivity contribution in [2.45, 2.75) is 25.4 Å². The zero-order chi connectivity index (χ0) is 14.5. The van der Waals surface area contributed by atoms with Gasteiger partial charge in [0.15, 0.2) is 0 Å². The molecule has 1 saturated heterocycles. The van der Waals surface area contributed by atoms with Crippen LogP contribution in [0.3, 0.4) is 0 Å². The average molecular weight is 275 g/mol. The molecule has 106 valence electrons. The Morgan fingerprint density at radius 1 is 1.55 bits per heavy atom. The summed E-state index contributed by atoms with van der Waals surface area (Å²) in [7, 11) is 1.88. The zero-order valence-electron chi connectivity index (χ0n) is 11.4. The van der Waals surface area contributed by atoms with Crippen LogP contribution < -0.4 is 4.90 Å². The van der Waals surface area contributed by atoms with Crippen molar-refractivity contribution in [3.05, 3.63) is 33.9 Å². The second-order valence-corrected chi connectivity index (χ2v) is 4.94. The van der Waals surface area contributed by atoms with E-state index in [0.717, 1.165) is 31.6 Å². The van der Waals surface area contributed by atoms with Gasteiger partial charge in [-0.1, -0.05) is 0 Å². The standard InChI is InChI=1S/C14H17N3O3/c1-16(10-13-4-2-3-7-20-13)12-6-5-11(9-15)14(8-12)17(18)19/h5-6,8,13H,2-4,7,10H2,1H3. The van der Waals surface area contributed by atoms with Gasteiger partial charge in [0.2, 0.25) is 0 Å². The second kappa shape index (κ2) is 6.35. The van der Waals surface area contributed by atoms with Crippen LogP contribution >= 0.6 is 0 Å². The Labute approximate surface area is 117 Å². The second-order valence-electron chi connectivity index (χ2n) is 4.94. The van der Waals surface area contributed by atoms with E-state index in [4.69, 9.17) is 10.00 Å². The molecule has 1 atom stereocenters. The van der Waals surface area contributed by atoms with Crippen molar-refractivity contribution >= 4 is 11.4 Å². The molecule has 1 unspecified atom stereocenters. The van der Waals surface area contributed by atoms with E-state index in [1.54, 1.807) is 6.07 Å². The third-order valence-electron chi connectivity index (χ3n) is 3.49. The number of ether oxygens (including phenoxy) is 1. The monoisotopic (exact) mass is 275 g/mol. The molecule has 0 bridgehead atoms. The van der Waals surface area contributed by atoms with E-state index in [0.29, 0.717) is 6.54 Å². The van der Waals surface area contributed by atoms with Gasteiger partial charge in [-0.3, -0.25) is 10.1 Å². The van der Waals surface area contributed by atoms with Gasteiger partial charge in [0, 0.05) is 32.0 Å². The van der Waals surface area contributed by atoms with E-state index in [-0.39, 0.29) is 17.4 Å². The van der Waals surface area contributed by atoms with Gasteiger partial charge in [0.05, 0.1) is 11.0 Å². The zero-order valence-corrected chi connectivity index (χ0v) is 11.4. The van der Waals surface area contributed by atoms with Gasteiger partial charge < -0.3 is 9.64 Å². The minimum atomic E-state index is -0.521. The summed E-state index contributed by atoms with van der Waals surface area (Å²) < 4.78 is 5.66. The first kappa shape index (κ1) is 14.3. The molecule has 1 aromatic rings. The SMILES string of the molecule is CN(CC1CCCCO1)c1ccc(C#N)c([N+](=O)[O-])c1. The first-order valence-corrected chi connectivity index (χ1v) is 6.63. The summed E-state index contributed by atoms with van der Waals surface area (Å²) in [6.45, 7) is 1.48. The third kappa shape index (κ3) is 3.25.